The molecule has 0 bridgehead atoms. The maximum absolute atomic E-state index is 12.2. The van der Waals surface area contributed by atoms with Gasteiger partial charge in [-0.25, -0.2) is 4.98 Å². The van der Waals surface area contributed by atoms with Gasteiger partial charge in [-0.05, 0) is 45.0 Å². The number of nitrogens with zero attached hydrogens (tertiary/aromatic N) is 1. The summed E-state index contributed by atoms with van der Waals surface area (Å²) in [5.41, 5.74) is 0.756. The molecular weight excluding hydrogens is 363 g/mol. The van der Waals surface area contributed by atoms with Crippen LogP contribution in [0.25, 0.3) is 0 Å². The lowest BCUT2D eigenvalue weighted by molar-refractivity contribution is -0.0168. The maximum Gasteiger partial charge on any atom is 0.257 e. The van der Waals surface area contributed by atoms with Crippen LogP contribution < -0.4 is 10.1 Å². The molecule has 0 fully saturated rings. The van der Waals surface area contributed by atoms with Crippen LogP contribution in [0.15, 0.2) is 36.5 Å². The fourth-order valence-corrected chi connectivity index (χ4v) is 2.17. The number of rotatable bonds is 6. The van der Waals surface area contributed by atoms with Crippen LogP contribution in [0.3, 0.4) is 0 Å². The molecule has 0 unspecified atom stereocenters. The van der Waals surface area contributed by atoms with Crippen LogP contribution in [0.5, 0.6) is 5.88 Å². The van der Waals surface area contributed by atoms with Crippen molar-refractivity contribution in [3.05, 3.63) is 52.1 Å². The smallest absolute Gasteiger partial charge is 0.257 e. The molecule has 0 aliphatic rings. The normalized spacial score (nSPS) is 11.2. The Labute approximate surface area is 157 Å². The molecule has 1 N–H and O–H groups in total. The molecule has 1 aromatic heterocycles. The molecule has 25 heavy (non-hydrogen) atoms. The zero-order valence-electron chi connectivity index (χ0n) is 14.3. The lowest BCUT2D eigenvalue weighted by Gasteiger charge is -2.19. The van der Waals surface area contributed by atoms with E-state index in [1.165, 1.54) is 6.20 Å². The number of anilines is 1. The van der Waals surface area contributed by atoms with Crippen molar-refractivity contribution in [1.29, 1.82) is 0 Å². The average Bonchev–Trinajstić information content (AvgIpc) is 2.55. The summed E-state index contributed by atoms with van der Waals surface area (Å²) in [5, 5.41) is 3.53. The zero-order valence-corrected chi connectivity index (χ0v) is 15.8. The van der Waals surface area contributed by atoms with E-state index in [4.69, 9.17) is 32.7 Å². The molecule has 0 aliphatic heterocycles. The zero-order chi connectivity index (χ0) is 18.4. The van der Waals surface area contributed by atoms with Gasteiger partial charge in [-0.15, -0.1) is 0 Å². The molecule has 0 spiro atoms. The second-order valence-corrected chi connectivity index (χ2v) is 7.09. The third-order valence-electron chi connectivity index (χ3n) is 3.04. The van der Waals surface area contributed by atoms with Crippen LogP contribution in [0.1, 0.15) is 31.1 Å². The van der Waals surface area contributed by atoms with Crippen molar-refractivity contribution in [2.45, 2.75) is 26.4 Å². The molecule has 0 saturated carbocycles. The van der Waals surface area contributed by atoms with Crippen molar-refractivity contribution < 1.29 is 14.3 Å². The first-order chi connectivity index (χ1) is 11.7. The van der Waals surface area contributed by atoms with E-state index in [0.717, 1.165) is 0 Å². The Bertz CT molecular complexity index is 728. The average molecular weight is 383 g/mol. The summed E-state index contributed by atoms with van der Waals surface area (Å²) in [4.78, 5) is 16.3. The molecule has 0 atom stereocenters. The highest BCUT2D eigenvalue weighted by Gasteiger charge is 2.10. The maximum atomic E-state index is 12.2. The number of nitrogens with one attached hydrogen (secondary N) is 1. The first-order valence-electron chi connectivity index (χ1n) is 7.74. The number of halogens is 2. The van der Waals surface area contributed by atoms with E-state index in [2.05, 4.69) is 10.3 Å². The number of ether oxygens (including phenoxy) is 2. The van der Waals surface area contributed by atoms with Crippen molar-refractivity contribution in [1.82, 2.24) is 4.98 Å². The van der Waals surface area contributed by atoms with E-state index in [9.17, 15) is 4.79 Å². The molecule has 2 rings (SSSR count). The van der Waals surface area contributed by atoms with Gasteiger partial charge in [-0.1, -0.05) is 23.2 Å². The third-order valence-corrected chi connectivity index (χ3v) is 3.78. The Morgan fingerprint density at radius 1 is 1.12 bits per heavy atom. The highest BCUT2D eigenvalue weighted by Crippen LogP contribution is 2.25. The lowest BCUT2D eigenvalue weighted by atomic mass is 10.2. The number of carbonyl (C=O) groups is 1. The molecule has 0 aliphatic carbocycles. The summed E-state index contributed by atoms with van der Waals surface area (Å²) in [6.07, 6.45) is 1.45. The van der Waals surface area contributed by atoms with Gasteiger partial charge in [-0.2, -0.15) is 0 Å². The second-order valence-electron chi connectivity index (χ2n) is 6.28. The highest BCUT2D eigenvalue weighted by molar-refractivity contribution is 6.42. The molecule has 0 saturated heterocycles. The minimum Gasteiger partial charge on any atom is -0.475 e. The molecule has 0 radical (unpaired) electrons. The minimum atomic E-state index is -0.298. The summed E-state index contributed by atoms with van der Waals surface area (Å²) in [5.74, 6) is 0.136. The van der Waals surface area contributed by atoms with E-state index in [0.29, 0.717) is 40.4 Å². The summed E-state index contributed by atoms with van der Waals surface area (Å²) < 4.78 is 11.0. The van der Waals surface area contributed by atoms with Gasteiger partial charge < -0.3 is 14.8 Å². The van der Waals surface area contributed by atoms with E-state index in [1.54, 1.807) is 30.3 Å². The van der Waals surface area contributed by atoms with Gasteiger partial charge in [-0.3, -0.25) is 4.79 Å². The van der Waals surface area contributed by atoms with Crippen LogP contribution in [-0.2, 0) is 4.74 Å². The molecule has 2 aromatic rings. The lowest BCUT2D eigenvalue weighted by Crippen LogP contribution is -2.22. The van der Waals surface area contributed by atoms with E-state index < -0.39 is 0 Å². The molecule has 1 aromatic carbocycles. The minimum absolute atomic E-state index is 0.205. The van der Waals surface area contributed by atoms with Crippen LogP contribution in [0.2, 0.25) is 10.0 Å². The standard InChI is InChI=1S/C18H20Cl2N2O3/c1-18(2,3)25-9-8-24-16-7-4-12(11-21-16)17(23)22-13-5-6-14(19)15(20)10-13/h4-7,10-11H,8-9H2,1-3H3,(H,22,23). The van der Waals surface area contributed by atoms with Crippen LogP contribution in [0.4, 0.5) is 5.69 Å². The molecule has 134 valence electrons. The summed E-state index contributed by atoms with van der Waals surface area (Å²) in [7, 11) is 0. The predicted molar refractivity (Wildman–Crippen MR) is 99.9 cm³/mol. The number of hydrogen-bond donors (Lipinski definition) is 1. The van der Waals surface area contributed by atoms with Gasteiger partial charge in [0.2, 0.25) is 5.88 Å². The van der Waals surface area contributed by atoms with Gasteiger partial charge in [0.1, 0.15) is 6.61 Å². The predicted octanol–water partition coefficient (Wildman–Crippen LogP) is 4.83. The van der Waals surface area contributed by atoms with Crippen LogP contribution >= 0.6 is 23.2 Å². The van der Waals surface area contributed by atoms with Gasteiger partial charge in [0.25, 0.3) is 5.91 Å². The number of pyridine rings is 1. The van der Waals surface area contributed by atoms with Crippen molar-refractivity contribution in [3.63, 3.8) is 0 Å². The van der Waals surface area contributed by atoms with Gasteiger partial charge in [0, 0.05) is 18.0 Å². The van der Waals surface area contributed by atoms with Crippen LogP contribution in [0, 0.1) is 0 Å². The molecule has 7 heteroatoms. The largest absolute Gasteiger partial charge is 0.475 e. The first-order valence-corrected chi connectivity index (χ1v) is 8.49. The van der Waals surface area contributed by atoms with Crippen molar-refractivity contribution in [2.75, 3.05) is 18.5 Å². The monoisotopic (exact) mass is 382 g/mol. The SMILES string of the molecule is CC(C)(C)OCCOc1ccc(C(=O)Nc2ccc(Cl)c(Cl)c2)cn1. The summed E-state index contributed by atoms with van der Waals surface area (Å²) in [6.45, 7) is 6.79. The Balaban J connectivity index is 1.88. The molecule has 1 amide bonds. The Morgan fingerprint density at radius 2 is 1.88 bits per heavy atom. The third kappa shape index (κ3) is 6.53. The highest BCUT2D eigenvalue weighted by atomic mass is 35.5. The fourth-order valence-electron chi connectivity index (χ4n) is 1.87. The number of benzene rings is 1. The number of carbonyl (C=O) groups excluding carboxylic acids is 1. The number of hydrogen-bond acceptors (Lipinski definition) is 4. The van der Waals surface area contributed by atoms with Gasteiger partial charge in [0.15, 0.2) is 0 Å². The number of amides is 1. The van der Waals surface area contributed by atoms with E-state index in [-0.39, 0.29) is 11.5 Å². The summed E-state index contributed by atoms with van der Waals surface area (Å²) >= 11 is 11.8. The van der Waals surface area contributed by atoms with E-state index >= 15 is 0 Å². The van der Waals surface area contributed by atoms with Crippen LogP contribution in [-0.4, -0.2) is 29.7 Å². The fraction of sp³-hybridized carbons (Fsp3) is 0.333. The Kier molecular flexibility index (Phi) is 6.64. The van der Waals surface area contributed by atoms with Gasteiger partial charge in [0.05, 0.1) is 27.8 Å². The Hall–Kier alpha value is -1.82. The quantitative estimate of drug-likeness (QED) is 0.726. The van der Waals surface area contributed by atoms with E-state index in [1.807, 2.05) is 20.8 Å². The second kappa shape index (κ2) is 8.52. The molecule has 5 nitrogen and oxygen atoms in total. The molecular formula is C18H20Cl2N2O3. The Morgan fingerprint density at radius 3 is 2.48 bits per heavy atom. The van der Waals surface area contributed by atoms with Crippen molar-refractivity contribution in [3.8, 4) is 5.88 Å². The van der Waals surface area contributed by atoms with Crippen molar-refractivity contribution in [2.24, 2.45) is 0 Å². The summed E-state index contributed by atoms with van der Waals surface area (Å²) in [6, 6.07) is 8.16. The van der Waals surface area contributed by atoms with Gasteiger partial charge >= 0.3 is 0 Å². The topological polar surface area (TPSA) is 60.5 Å². The molecule has 1 heterocycles. The number of aromatic nitrogens is 1. The van der Waals surface area contributed by atoms with Crippen molar-refractivity contribution >= 4 is 34.8 Å². The first kappa shape index (κ1) is 19.5.